The molecule has 0 amide bonds. The molecule has 6 nitrogen and oxygen atoms in total. The van der Waals surface area contributed by atoms with Gasteiger partial charge in [0, 0.05) is 26.7 Å². The number of nitrogens with zero attached hydrogens (tertiary/aromatic N) is 2. The van der Waals surface area contributed by atoms with Gasteiger partial charge >= 0.3 is 0 Å². The predicted octanol–water partition coefficient (Wildman–Crippen LogP) is 2.59. The topological polar surface area (TPSA) is 58.1 Å². The summed E-state index contributed by atoms with van der Waals surface area (Å²) in [7, 11) is 3.45. The molecule has 1 aromatic rings. The van der Waals surface area contributed by atoms with Crippen molar-refractivity contribution in [2.75, 3.05) is 53.5 Å². The Morgan fingerprint density at radius 1 is 1.19 bits per heavy atom. The molecule has 0 aliphatic carbocycles. The molecule has 1 aliphatic heterocycles. The standard InChI is InChI=1S/C19H32N4O2.HI/c1-16-5-4-12-23(15-16)13-10-21-19(20-2)22-11-14-25-18-8-6-17(24-3)7-9-18;/h6-9,16H,4-5,10-15H2,1-3H3,(H2,20,21,22);1H. The predicted molar refractivity (Wildman–Crippen MR) is 118 cm³/mol. The van der Waals surface area contributed by atoms with Crippen molar-refractivity contribution in [2.24, 2.45) is 10.9 Å². The van der Waals surface area contributed by atoms with Crippen LogP contribution in [0.1, 0.15) is 19.8 Å². The van der Waals surface area contributed by atoms with E-state index in [2.05, 4.69) is 27.4 Å². The van der Waals surface area contributed by atoms with Gasteiger partial charge in [-0.2, -0.15) is 0 Å². The minimum Gasteiger partial charge on any atom is -0.497 e. The molecule has 0 aromatic heterocycles. The highest BCUT2D eigenvalue weighted by Crippen LogP contribution is 2.16. The van der Waals surface area contributed by atoms with Gasteiger partial charge in [0.05, 0.1) is 13.7 Å². The van der Waals surface area contributed by atoms with Crippen LogP contribution in [0.2, 0.25) is 0 Å². The first-order valence-corrected chi connectivity index (χ1v) is 9.15. The molecule has 7 heteroatoms. The largest absolute Gasteiger partial charge is 0.497 e. The van der Waals surface area contributed by atoms with Crippen LogP contribution in [0.25, 0.3) is 0 Å². The number of nitrogens with one attached hydrogen (secondary N) is 2. The monoisotopic (exact) mass is 476 g/mol. The van der Waals surface area contributed by atoms with Gasteiger partial charge in [0.15, 0.2) is 5.96 Å². The van der Waals surface area contributed by atoms with Gasteiger partial charge in [-0.05, 0) is 49.6 Å². The summed E-state index contributed by atoms with van der Waals surface area (Å²) in [6, 6.07) is 7.60. The maximum Gasteiger partial charge on any atom is 0.191 e. The highest BCUT2D eigenvalue weighted by molar-refractivity contribution is 14.0. The van der Waals surface area contributed by atoms with E-state index in [1.807, 2.05) is 24.3 Å². The first-order chi connectivity index (χ1) is 12.2. The van der Waals surface area contributed by atoms with Gasteiger partial charge in [-0.1, -0.05) is 6.92 Å². The molecular formula is C19H33IN4O2. The van der Waals surface area contributed by atoms with Gasteiger partial charge < -0.3 is 25.0 Å². The molecule has 1 atom stereocenters. The zero-order chi connectivity index (χ0) is 17.9. The number of hydrogen-bond acceptors (Lipinski definition) is 4. The summed E-state index contributed by atoms with van der Waals surface area (Å²) in [5.41, 5.74) is 0. The van der Waals surface area contributed by atoms with Crippen molar-refractivity contribution in [1.29, 1.82) is 0 Å². The van der Waals surface area contributed by atoms with E-state index in [4.69, 9.17) is 9.47 Å². The van der Waals surface area contributed by atoms with Crippen LogP contribution in [0.5, 0.6) is 11.5 Å². The molecule has 148 valence electrons. The highest BCUT2D eigenvalue weighted by Gasteiger charge is 2.15. The number of piperidine rings is 1. The number of halogens is 1. The Kier molecular flexibility index (Phi) is 11.4. The maximum atomic E-state index is 5.70. The van der Waals surface area contributed by atoms with Crippen molar-refractivity contribution in [1.82, 2.24) is 15.5 Å². The lowest BCUT2D eigenvalue weighted by molar-refractivity contribution is 0.187. The second-order valence-corrected chi connectivity index (χ2v) is 6.50. The van der Waals surface area contributed by atoms with E-state index in [1.54, 1.807) is 14.2 Å². The molecule has 1 saturated heterocycles. The first-order valence-electron chi connectivity index (χ1n) is 9.15. The lowest BCUT2D eigenvalue weighted by Gasteiger charge is -2.30. The molecule has 0 spiro atoms. The van der Waals surface area contributed by atoms with Crippen LogP contribution in [0, 0.1) is 5.92 Å². The Morgan fingerprint density at radius 3 is 2.54 bits per heavy atom. The molecule has 1 heterocycles. The van der Waals surface area contributed by atoms with Crippen LogP contribution in [0.4, 0.5) is 0 Å². The molecule has 1 aromatic carbocycles. The summed E-state index contributed by atoms with van der Waals surface area (Å²) in [6.07, 6.45) is 2.68. The average Bonchev–Trinajstić information content (AvgIpc) is 2.64. The summed E-state index contributed by atoms with van der Waals surface area (Å²) in [6.45, 7) is 8.02. The van der Waals surface area contributed by atoms with E-state index in [1.165, 1.54) is 25.9 Å². The second kappa shape index (κ2) is 13.0. The number of aliphatic imine (C=N–C) groups is 1. The fourth-order valence-electron chi connectivity index (χ4n) is 3.05. The molecule has 1 unspecified atom stereocenters. The minimum atomic E-state index is 0. The normalized spacial score (nSPS) is 18.0. The number of ether oxygens (including phenoxy) is 2. The number of benzene rings is 1. The molecule has 26 heavy (non-hydrogen) atoms. The number of likely N-dealkylation sites (tertiary alicyclic amines) is 1. The molecule has 2 rings (SSSR count). The third kappa shape index (κ3) is 8.44. The van der Waals surface area contributed by atoms with E-state index in [9.17, 15) is 0 Å². The van der Waals surface area contributed by atoms with E-state index in [-0.39, 0.29) is 24.0 Å². The van der Waals surface area contributed by atoms with Crippen molar-refractivity contribution >= 4 is 29.9 Å². The Hall–Kier alpha value is -1.22. The van der Waals surface area contributed by atoms with Crippen LogP contribution in [0.15, 0.2) is 29.3 Å². The summed E-state index contributed by atoms with van der Waals surface area (Å²) in [5.74, 6) is 3.31. The van der Waals surface area contributed by atoms with E-state index in [0.717, 1.165) is 36.5 Å². The van der Waals surface area contributed by atoms with Crippen molar-refractivity contribution in [3.8, 4) is 11.5 Å². The third-order valence-corrected chi connectivity index (χ3v) is 4.41. The molecule has 1 fully saturated rings. The van der Waals surface area contributed by atoms with Gasteiger partial charge in [-0.3, -0.25) is 4.99 Å². The zero-order valence-corrected chi connectivity index (χ0v) is 18.5. The van der Waals surface area contributed by atoms with Crippen LogP contribution < -0.4 is 20.1 Å². The van der Waals surface area contributed by atoms with Crippen molar-refractivity contribution in [3.63, 3.8) is 0 Å². The van der Waals surface area contributed by atoms with Gasteiger partial charge in [-0.25, -0.2) is 0 Å². The smallest absolute Gasteiger partial charge is 0.191 e. The Balaban J connectivity index is 0.00000338. The lowest BCUT2D eigenvalue weighted by Crippen LogP contribution is -2.44. The summed E-state index contributed by atoms with van der Waals surface area (Å²) < 4.78 is 10.8. The van der Waals surface area contributed by atoms with E-state index in [0.29, 0.717) is 13.2 Å². The third-order valence-electron chi connectivity index (χ3n) is 4.41. The number of rotatable bonds is 8. The number of methoxy groups -OCH3 is 1. The van der Waals surface area contributed by atoms with Crippen LogP contribution in [-0.2, 0) is 0 Å². The Labute approximate surface area is 174 Å². The van der Waals surface area contributed by atoms with Gasteiger partial charge in [0.2, 0.25) is 0 Å². The lowest BCUT2D eigenvalue weighted by atomic mass is 10.0. The van der Waals surface area contributed by atoms with Crippen molar-refractivity contribution in [2.45, 2.75) is 19.8 Å². The van der Waals surface area contributed by atoms with Gasteiger partial charge in [-0.15, -0.1) is 24.0 Å². The first kappa shape index (κ1) is 22.8. The van der Waals surface area contributed by atoms with Crippen molar-refractivity contribution < 1.29 is 9.47 Å². The van der Waals surface area contributed by atoms with Gasteiger partial charge in [0.25, 0.3) is 0 Å². The SMILES string of the molecule is CN=C(NCCOc1ccc(OC)cc1)NCCN1CCCC(C)C1.I. The van der Waals surface area contributed by atoms with Crippen LogP contribution in [0.3, 0.4) is 0 Å². The molecule has 0 saturated carbocycles. The number of guanidine groups is 1. The fourth-order valence-corrected chi connectivity index (χ4v) is 3.05. The molecular weight excluding hydrogens is 443 g/mol. The highest BCUT2D eigenvalue weighted by atomic mass is 127. The Morgan fingerprint density at radius 2 is 1.88 bits per heavy atom. The summed E-state index contributed by atoms with van der Waals surface area (Å²) >= 11 is 0. The van der Waals surface area contributed by atoms with Gasteiger partial charge in [0.1, 0.15) is 18.1 Å². The molecule has 2 N–H and O–H groups in total. The van der Waals surface area contributed by atoms with Crippen molar-refractivity contribution in [3.05, 3.63) is 24.3 Å². The fraction of sp³-hybridized carbons (Fsp3) is 0.632. The van der Waals surface area contributed by atoms with Crippen LogP contribution in [-0.4, -0.2) is 64.3 Å². The number of hydrogen-bond donors (Lipinski definition) is 2. The van der Waals surface area contributed by atoms with Crippen LogP contribution >= 0.6 is 24.0 Å². The molecule has 0 radical (unpaired) electrons. The molecule has 0 bridgehead atoms. The zero-order valence-electron chi connectivity index (χ0n) is 16.2. The quantitative estimate of drug-likeness (QED) is 0.262. The summed E-state index contributed by atoms with van der Waals surface area (Å²) in [5, 5.41) is 6.65. The maximum absolute atomic E-state index is 5.70. The van der Waals surface area contributed by atoms with E-state index >= 15 is 0 Å². The minimum absolute atomic E-state index is 0. The summed E-state index contributed by atoms with van der Waals surface area (Å²) in [4.78, 5) is 6.79. The second-order valence-electron chi connectivity index (χ2n) is 6.50. The van der Waals surface area contributed by atoms with E-state index < -0.39 is 0 Å². The molecule has 1 aliphatic rings. The average molecular weight is 476 g/mol. The Bertz CT molecular complexity index is 525.